The molecule has 2 aromatic heterocycles. The summed E-state index contributed by atoms with van der Waals surface area (Å²) in [4.78, 5) is 17.3. The maximum Gasteiger partial charge on any atom is 0.258 e. The summed E-state index contributed by atoms with van der Waals surface area (Å²) in [5.41, 5.74) is 8.15. The Balaban J connectivity index is 2.01. The summed E-state index contributed by atoms with van der Waals surface area (Å²) in [6.07, 6.45) is 5.31. The van der Waals surface area contributed by atoms with Crippen LogP contribution in [0, 0.1) is 18.3 Å². The second-order valence-corrected chi connectivity index (χ2v) is 6.18. The highest BCUT2D eigenvalue weighted by Crippen LogP contribution is 2.42. The Morgan fingerprint density at radius 3 is 2.88 bits per heavy atom. The van der Waals surface area contributed by atoms with Crippen LogP contribution in [0.15, 0.2) is 46.8 Å². The number of hydrogen-bond donors (Lipinski definition) is 1. The molecule has 2 aromatic rings. The van der Waals surface area contributed by atoms with Gasteiger partial charge in [-0.05, 0) is 31.4 Å². The first-order valence-corrected chi connectivity index (χ1v) is 7.85. The van der Waals surface area contributed by atoms with Crippen LogP contribution in [0.3, 0.4) is 0 Å². The lowest BCUT2D eigenvalue weighted by Gasteiger charge is -2.27. The highest BCUT2D eigenvalue weighted by molar-refractivity contribution is 5.54. The molecule has 6 nitrogen and oxygen atoms in total. The Labute approximate surface area is 138 Å². The van der Waals surface area contributed by atoms with Crippen molar-refractivity contribution >= 4 is 0 Å². The number of fused-ring (bicyclic) bond motifs is 1. The van der Waals surface area contributed by atoms with Crippen molar-refractivity contribution in [1.29, 1.82) is 5.26 Å². The minimum Gasteiger partial charge on any atom is -0.440 e. The highest BCUT2D eigenvalue weighted by Gasteiger charge is 2.36. The van der Waals surface area contributed by atoms with Crippen LogP contribution in [0.4, 0.5) is 0 Å². The van der Waals surface area contributed by atoms with E-state index in [1.165, 1.54) is 0 Å². The van der Waals surface area contributed by atoms with Crippen LogP contribution in [0.1, 0.15) is 41.6 Å². The number of rotatable bonds is 2. The molecule has 1 saturated carbocycles. The summed E-state index contributed by atoms with van der Waals surface area (Å²) in [6, 6.07) is 7.80. The molecule has 1 unspecified atom stereocenters. The normalized spacial score (nSPS) is 19.4. The van der Waals surface area contributed by atoms with Crippen LogP contribution >= 0.6 is 0 Å². The topological polar surface area (TPSA) is 93.9 Å². The van der Waals surface area contributed by atoms with Crippen molar-refractivity contribution in [1.82, 2.24) is 9.55 Å². The zero-order valence-electron chi connectivity index (χ0n) is 13.2. The van der Waals surface area contributed by atoms with Crippen LogP contribution < -0.4 is 16.0 Å². The Kier molecular flexibility index (Phi) is 3.17. The lowest BCUT2D eigenvalue weighted by molar-refractivity contribution is 0.388. The summed E-state index contributed by atoms with van der Waals surface area (Å²) in [5.74, 6) is -0.0767. The van der Waals surface area contributed by atoms with Gasteiger partial charge in [0.05, 0.1) is 11.5 Å². The molecule has 0 radical (unpaired) electrons. The molecular formula is C18H16N4O2. The molecule has 0 aromatic carbocycles. The van der Waals surface area contributed by atoms with Crippen molar-refractivity contribution in [2.75, 3.05) is 0 Å². The van der Waals surface area contributed by atoms with E-state index in [9.17, 15) is 10.1 Å². The fourth-order valence-corrected chi connectivity index (χ4v) is 3.33. The van der Waals surface area contributed by atoms with Crippen LogP contribution in [-0.4, -0.2) is 9.55 Å². The van der Waals surface area contributed by atoms with Gasteiger partial charge in [-0.25, -0.2) is 0 Å². The van der Waals surface area contributed by atoms with Gasteiger partial charge in [0.25, 0.3) is 5.56 Å². The molecule has 1 fully saturated rings. The van der Waals surface area contributed by atoms with Crippen molar-refractivity contribution in [3.63, 3.8) is 0 Å². The number of pyridine rings is 2. The van der Waals surface area contributed by atoms with E-state index >= 15 is 0 Å². The number of nitriles is 1. The summed E-state index contributed by atoms with van der Waals surface area (Å²) in [6.45, 7) is 1.89. The van der Waals surface area contributed by atoms with E-state index in [2.05, 4.69) is 11.1 Å². The van der Waals surface area contributed by atoms with Crippen LogP contribution in [0.25, 0.3) is 0 Å². The Bertz CT molecular complexity index is 949. The lowest BCUT2D eigenvalue weighted by Crippen LogP contribution is -2.32. The van der Waals surface area contributed by atoms with E-state index < -0.39 is 5.92 Å². The number of aryl methyl sites for hydroxylation is 1. The van der Waals surface area contributed by atoms with Crippen molar-refractivity contribution in [2.24, 2.45) is 5.73 Å². The molecule has 2 aliphatic rings. The second-order valence-electron chi connectivity index (χ2n) is 6.18. The third-order valence-corrected chi connectivity index (χ3v) is 4.55. The summed E-state index contributed by atoms with van der Waals surface area (Å²) in [7, 11) is 0. The van der Waals surface area contributed by atoms with Crippen LogP contribution in [-0.2, 0) is 0 Å². The molecule has 24 heavy (non-hydrogen) atoms. The lowest BCUT2D eigenvalue weighted by atomic mass is 9.85. The number of nitrogens with zero attached hydrogens (tertiary/aromatic N) is 3. The molecule has 1 aliphatic carbocycles. The zero-order chi connectivity index (χ0) is 16.8. The van der Waals surface area contributed by atoms with Gasteiger partial charge in [0.1, 0.15) is 17.4 Å². The third kappa shape index (κ3) is 2.09. The molecule has 1 atom stereocenters. The van der Waals surface area contributed by atoms with Gasteiger partial charge in [-0.1, -0.05) is 6.07 Å². The van der Waals surface area contributed by atoms with Gasteiger partial charge in [-0.2, -0.15) is 5.26 Å². The maximum atomic E-state index is 13.2. The molecule has 0 bridgehead atoms. The number of aromatic nitrogens is 2. The first-order chi connectivity index (χ1) is 11.6. The van der Waals surface area contributed by atoms with Crippen LogP contribution in [0.5, 0.6) is 5.75 Å². The SMILES string of the molecule is Cc1cc2c(c(=O)n1C1CC1)C(c1cccnc1)C(C#N)=C(N)O2. The van der Waals surface area contributed by atoms with Gasteiger partial charge in [0.2, 0.25) is 5.88 Å². The Morgan fingerprint density at radius 1 is 1.46 bits per heavy atom. The van der Waals surface area contributed by atoms with E-state index in [-0.39, 0.29) is 23.1 Å². The molecule has 6 heteroatoms. The average molecular weight is 320 g/mol. The van der Waals surface area contributed by atoms with Crippen LogP contribution in [0.2, 0.25) is 0 Å². The van der Waals surface area contributed by atoms with Gasteiger partial charge in [0, 0.05) is 30.2 Å². The van der Waals surface area contributed by atoms with Crippen molar-refractivity contribution in [3.05, 3.63) is 69.2 Å². The van der Waals surface area contributed by atoms with E-state index in [1.807, 2.05) is 23.6 Å². The summed E-state index contributed by atoms with van der Waals surface area (Å²) >= 11 is 0. The predicted molar refractivity (Wildman–Crippen MR) is 87.2 cm³/mol. The Hall–Kier alpha value is -3.07. The van der Waals surface area contributed by atoms with E-state index in [0.29, 0.717) is 11.3 Å². The predicted octanol–water partition coefficient (Wildman–Crippen LogP) is 2.10. The first-order valence-electron chi connectivity index (χ1n) is 7.85. The molecule has 1 aliphatic heterocycles. The summed E-state index contributed by atoms with van der Waals surface area (Å²) in [5, 5.41) is 9.56. The maximum absolute atomic E-state index is 13.2. The number of nitrogens with two attached hydrogens (primary N) is 1. The van der Waals surface area contributed by atoms with Gasteiger partial charge < -0.3 is 15.0 Å². The first kappa shape index (κ1) is 14.5. The van der Waals surface area contributed by atoms with Gasteiger partial charge >= 0.3 is 0 Å². The molecular weight excluding hydrogens is 304 g/mol. The monoisotopic (exact) mass is 320 g/mol. The third-order valence-electron chi connectivity index (χ3n) is 4.55. The second kappa shape index (κ2) is 5.24. The zero-order valence-corrected chi connectivity index (χ0v) is 13.2. The van der Waals surface area contributed by atoms with E-state index in [4.69, 9.17) is 10.5 Å². The molecule has 3 heterocycles. The Morgan fingerprint density at radius 2 is 2.25 bits per heavy atom. The van der Waals surface area contributed by atoms with E-state index in [0.717, 1.165) is 24.1 Å². The molecule has 0 saturated heterocycles. The number of ether oxygens (including phenoxy) is 1. The van der Waals surface area contributed by atoms with E-state index in [1.54, 1.807) is 18.5 Å². The molecule has 120 valence electrons. The van der Waals surface area contributed by atoms with Gasteiger partial charge in [-0.3, -0.25) is 9.78 Å². The molecule has 0 amide bonds. The molecule has 4 rings (SSSR count). The van der Waals surface area contributed by atoms with Crippen molar-refractivity contribution in [3.8, 4) is 11.8 Å². The fraction of sp³-hybridized carbons (Fsp3) is 0.278. The minimum atomic E-state index is -0.550. The number of hydrogen-bond acceptors (Lipinski definition) is 5. The van der Waals surface area contributed by atoms with Crippen molar-refractivity contribution < 1.29 is 4.74 Å². The quantitative estimate of drug-likeness (QED) is 0.914. The highest BCUT2D eigenvalue weighted by atomic mass is 16.5. The molecule has 0 spiro atoms. The van der Waals surface area contributed by atoms with Crippen molar-refractivity contribution in [2.45, 2.75) is 31.7 Å². The number of allylic oxidation sites excluding steroid dienone is 1. The molecule has 2 N–H and O–H groups in total. The summed E-state index contributed by atoms with van der Waals surface area (Å²) < 4.78 is 7.41. The smallest absolute Gasteiger partial charge is 0.258 e. The standard InChI is InChI=1S/C18H16N4O2/c1-10-7-14-16(18(23)22(10)12-4-5-12)15(11-3-2-6-21-9-11)13(8-19)17(20)24-14/h2-3,6-7,9,12,15H,4-5,20H2,1H3. The fourth-order valence-electron chi connectivity index (χ4n) is 3.33. The average Bonchev–Trinajstić information content (AvgIpc) is 3.39. The minimum absolute atomic E-state index is 0.0434. The van der Waals surface area contributed by atoms with Gasteiger partial charge in [-0.15, -0.1) is 0 Å². The van der Waals surface area contributed by atoms with Gasteiger partial charge in [0.15, 0.2) is 0 Å². The largest absolute Gasteiger partial charge is 0.440 e.